The maximum atomic E-state index is 11.9. The van der Waals surface area contributed by atoms with E-state index in [1.54, 1.807) is 0 Å². The summed E-state index contributed by atoms with van der Waals surface area (Å²) in [7, 11) is 0. The first-order valence-electron chi connectivity index (χ1n) is 6.70. The topological polar surface area (TPSA) is 41.1 Å². The number of hydrogen-bond donors (Lipinski definition) is 2. The summed E-state index contributed by atoms with van der Waals surface area (Å²) in [5, 5.41) is 6.51. The molecule has 1 amide bonds. The van der Waals surface area contributed by atoms with Gasteiger partial charge in [-0.3, -0.25) is 4.79 Å². The largest absolute Gasteiger partial charge is 0.350 e. The molecule has 16 heavy (non-hydrogen) atoms. The summed E-state index contributed by atoms with van der Waals surface area (Å²) in [5.74, 6) is 0.907. The first-order valence-corrected chi connectivity index (χ1v) is 6.70. The molecule has 2 fully saturated rings. The average molecular weight is 224 g/mol. The molecule has 1 saturated carbocycles. The third kappa shape index (κ3) is 3.21. The van der Waals surface area contributed by atoms with Gasteiger partial charge < -0.3 is 10.6 Å². The normalized spacial score (nSPS) is 31.6. The highest BCUT2D eigenvalue weighted by Crippen LogP contribution is 2.26. The fourth-order valence-electron chi connectivity index (χ4n) is 2.96. The van der Waals surface area contributed by atoms with Crippen molar-refractivity contribution in [2.24, 2.45) is 5.92 Å². The molecule has 2 aliphatic rings. The van der Waals surface area contributed by atoms with Crippen LogP contribution in [0.2, 0.25) is 0 Å². The Bertz CT molecular complexity index is 240. The molecule has 1 unspecified atom stereocenters. The molecular formula is C13H24N2O. The molecule has 0 aromatic carbocycles. The summed E-state index contributed by atoms with van der Waals surface area (Å²) in [6, 6.07) is 0. The molecule has 0 radical (unpaired) electrons. The lowest BCUT2D eigenvalue weighted by Gasteiger charge is -2.27. The van der Waals surface area contributed by atoms with Crippen LogP contribution in [0.3, 0.4) is 0 Å². The molecule has 0 aromatic heterocycles. The summed E-state index contributed by atoms with van der Waals surface area (Å²) in [6.45, 7) is 4.09. The molecule has 3 nitrogen and oxygen atoms in total. The zero-order valence-electron chi connectivity index (χ0n) is 10.3. The van der Waals surface area contributed by atoms with E-state index in [0.29, 0.717) is 5.92 Å². The van der Waals surface area contributed by atoms with Crippen LogP contribution in [0.4, 0.5) is 0 Å². The van der Waals surface area contributed by atoms with Crippen molar-refractivity contribution in [1.29, 1.82) is 0 Å². The quantitative estimate of drug-likeness (QED) is 0.768. The number of amides is 1. The Morgan fingerprint density at radius 2 is 2.12 bits per heavy atom. The smallest absolute Gasteiger partial charge is 0.220 e. The third-order valence-electron chi connectivity index (χ3n) is 4.01. The molecule has 1 atom stereocenters. The van der Waals surface area contributed by atoms with Crippen LogP contribution in [0.5, 0.6) is 0 Å². The molecule has 0 spiro atoms. The zero-order chi connectivity index (χ0) is 11.4. The molecule has 1 heterocycles. The van der Waals surface area contributed by atoms with E-state index in [-0.39, 0.29) is 11.4 Å². The van der Waals surface area contributed by atoms with Crippen LogP contribution in [-0.2, 0) is 4.79 Å². The predicted octanol–water partition coefficient (Wildman–Crippen LogP) is 1.82. The first kappa shape index (κ1) is 11.9. The van der Waals surface area contributed by atoms with Gasteiger partial charge in [-0.05, 0) is 38.6 Å². The maximum absolute atomic E-state index is 11.9. The van der Waals surface area contributed by atoms with Gasteiger partial charge in [0.15, 0.2) is 0 Å². The monoisotopic (exact) mass is 224 g/mol. The molecule has 92 valence electrons. The van der Waals surface area contributed by atoms with Crippen molar-refractivity contribution < 1.29 is 4.79 Å². The van der Waals surface area contributed by atoms with Gasteiger partial charge in [0, 0.05) is 13.0 Å². The van der Waals surface area contributed by atoms with Crippen LogP contribution in [-0.4, -0.2) is 24.5 Å². The Hall–Kier alpha value is -0.570. The van der Waals surface area contributed by atoms with Crippen molar-refractivity contribution in [3.63, 3.8) is 0 Å². The van der Waals surface area contributed by atoms with Gasteiger partial charge >= 0.3 is 0 Å². The number of hydrogen-bond acceptors (Lipinski definition) is 2. The van der Waals surface area contributed by atoms with Crippen molar-refractivity contribution in [2.45, 2.75) is 57.4 Å². The van der Waals surface area contributed by atoms with Gasteiger partial charge in [0.1, 0.15) is 0 Å². The number of carbonyl (C=O) groups is 1. The van der Waals surface area contributed by atoms with Gasteiger partial charge in [-0.25, -0.2) is 0 Å². The molecular weight excluding hydrogens is 200 g/mol. The molecule has 2 N–H and O–H groups in total. The average Bonchev–Trinajstić information content (AvgIpc) is 2.66. The van der Waals surface area contributed by atoms with Crippen molar-refractivity contribution in [3.8, 4) is 0 Å². The van der Waals surface area contributed by atoms with E-state index in [1.807, 2.05) is 0 Å². The summed E-state index contributed by atoms with van der Waals surface area (Å²) in [5.41, 5.74) is 0.00570. The fraction of sp³-hybridized carbons (Fsp3) is 0.923. The van der Waals surface area contributed by atoms with Gasteiger partial charge in [0.25, 0.3) is 0 Å². The first-order chi connectivity index (χ1) is 7.68. The Morgan fingerprint density at radius 1 is 1.38 bits per heavy atom. The van der Waals surface area contributed by atoms with E-state index in [9.17, 15) is 4.79 Å². The lowest BCUT2D eigenvalue weighted by molar-refractivity contribution is -0.123. The van der Waals surface area contributed by atoms with Crippen molar-refractivity contribution in [3.05, 3.63) is 0 Å². The van der Waals surface area contributed by atoms with Crippen LogP contribution in [0.25, 0.3) is 0 Å². The van der Waals surface area contributed by atoms with E-state index in [4.69, 9.17) is 0 Å². The zero-order valence-corrected chi connectivity index (χ0v) is 10.3. The second-order valence-electron chi connectivity index (χ2n) is 5.74. The molecule has 1 aliphatic heterocycles. The highest BCUT2D eigenvalue weighted by atomic mass is 16.1. The van der Waals surface area contributed by atoms with Crippen LogP contribution in [0.1, 0.15) is 51.9 Å². The Kier molecular flexibility index (Phi) is 3.85. The van der Waals surface area contributed by atoms with Crippen molar-refractivity contribution >= 4 is 5.91 Å². The lowest BCUT2D eigenvalue weighted by Crippen LogP contribution is -2.47. The fourth-order valence-corrected chi connectivity index (χ4v) is 2.96. The minimum atomic E-state index is 0.00570. The maximum Gasteiger partial charge on any atom is 0.220 e. The molecule has 1 saturated heterocycles. The van der Waals surface area contributed by atoms with Crippen LogP contribution >= 0.6 is 0 Å². The summed E-state index contributed by atoms with van der Waals surface area (Å²) < 4.78 is 0. The van der Waals surface area contributed by atoms with Gasteiger partial charge in [-0.15, -0.1) is 0 Å². The summed E-state index contributed by atoms with van der Waals surface area (Å²) in [4.78, 5) is 11.9. The van der Waals surface area contributed by atoms with Gasteiger partial charge in [0.2, 0.25) is 5.91 Å². The molecule has 0 aromatic rings. The predicted molar refractivity (Wildman–Crippen MR) is 65.2 cm³/mol. The molecule has 3 heteroatoms. The standard InChI is InChI=1S/C13H24N2O/c1-13(7-8-14-10-13)15-12(16)9-11-5-3-2-4-6-11/h11,14H,2-10H2,1H3,(H,15,16). The van der Waals surface area contributed by atoms with Gasteiger partial charge in [0.05, 0.1) is 5.54 Å². The Labute approximate surface area is 98.4 Å². The van der Waals surface area contributed by atoms with Crippen molar-refractivity contribution in [1.82, 2.24) is 10.6 Å². The van der Waals surface area contributed by atoms with Crippen LogP contribution in [0.15, 0.2) is 0 Å². The second-order valence-corrected chi connectivity index (χ2v) is 5.74. The molecule has 0 bridgehead atoms. The summed E-state index contributed by atoms with van der Waals surface area (Å²) in [6.07, 6.45) is 8.30. The van der Waals surface area contributed by atoms with E-state index in [1.165, 1.54) is 32.1 Å². The SMILES string of the molecule is CC1(NC(=O)CC2CCCCC2)CCNC1. The van der Waals surface area contributed by atoms with E-state index in [2.05, 4.69) is 17.6 Å². The van der Waals surface area contributed by atoms with Gasteiger partial charge in [-0.1, -0.05) is 19.3 Å². The van der Waals surface area contributed by atoms with Gasteiger partial charge in [-0.2, -0.15) is 0 Å². The number of nitrogens with one attached hydrogen (secondary N) is 2. The van der Waals surface area contributed by atoms with E-state index < -0.39 is 0 Å². The molecule has 2 rings (SSSR count). The minimum absolute atomic E-state index is 0.00570. The van der Waals surface area contributed by atoms with E-state index >= 15 is 0 Å². The third-order valence-corrected chi connectivity index (χ3v) is 4.01. The molecule has 1 aliphatic carbocycles. The van der Waals surface area contributed by atoms with Crippen molar-refractivity contribution in [2.75, 3.05) is 13.1 Å². The van der Waals surface area contributed by atoms with Crippen LogP contribution in [0, 0.1) is 5.92 Å². The highest BCUT2D eigenvalue weighted by molar-refractivity contribution is 5.77. The lowest BCUT2D eigenvalue weighted by atomic mass is 9.86. The van der Waals surface area contributed by atoms with Crippen LogP contribution < -0.4 is 10.6 Å². The Balaban J connectivity index is 1.74. The minimum Gasteiger partial charge on any atom is -0.350 e. The highest BCUT2D eigenvalue weighted by Gasteiger charge is 2.30. The Morgan fingerprint density at radius 3 is 2.75 bits per heavy atom. The second kappa shape index (κ2) is 5.17. The summed E-state index contributed by atoms with van der Waals surface area (Å²) >= 11 is 0. The number of carbonyl (C=O) groups excluding carboxylic acids is 1. The number of rotatable bonds is 3. The van der Waals surface area contributed by atoms with E-state index in [0.717, 1.165) is 25.9 Å².